The lowest BCUT2D eigenvalue weighted by Crippen LogP contribution is -2.25. The average Bonchev–Trinajstić information content (AvgIpc) is 2.61. The maximum Gasteiger partial charge on any atom is 0.318 e. The Hall–Kier alpha value is -2.75. The largest absolute Gasteiger partial charge is 0.489 e. The van der Waals surface area contributed by atoms with Gasteiger partial charge in [0.15, 0.2) is 0 Å². The highest BCUT2D eigenvalue weighted by Gasteiger charge is 2.08. The van der Waals surface area contributed by atoms with Gasteiger partial charge in [-0.1, -0.05) is 37.8 Å². The molecule has 0 fully saturated rings. The second-order valence-corrected chi connectivity index (χ2v) is 5.57. The van der Waals surface area contributed by atoms with Gasteiger partial charge in [0.25, 0.3) is 0 Å². The Morgan fingerprint density at radius 3 is 2.67 bits per heavy atom. The Kier molecular flexibility index (Phi) is 6.01. The van der Waals surface area contributed by atoms with E-state index in [0.717, 1.165) is 34.5 Å². The van der Waals surface area contributed by atoms with Gasteiger partial charge in [-0.3, -0.25) is 0 Å². The van der Waals surface area contributed by atoms with Crippen LogP contribution in [-0.4, -0.2) is 13.1 Å². The Morgan fingerprint density at radius 2 is 2.04 bits per heavy atom. The van der Waals surface area contributed by atoms with E-state index in [1.165, 1.54) is 5.56 Å². The van der Waals surface area contributed by atoms with Gasteiger partial charge in [-0.2, -0.15) is 0 Å². The van der Waals surface area contributed by atoms with E-state index in [1.54, 1.807) is 13.1 Å². The molecule has 2 rings (SSSR count). The molecule has 4 heteroatoms. The molecule has 0 saturated carbocycles. The highest BCUT2D eigenvalue weighted by Crippen LogP contribution is 2.24. The molecule has 0 aliphatic rings. The molecule has 2 aromatic carbocycles. The van der Waals surface area contributed by atoms with E-state index in [4.69, 9.17) is 4.74 Å². The summed E-state index contributed by atoms with van der Waals surface area (Å²) in [5.74, 6) is 0.849. The van der Waals surface area contributed by atoms with Gasteiger partial charge in [0.1, 0.15) is 12.4 Å². The van der Waals surface area contributed by atoms with Crippen LogP contribution in [0.25, 0.3) is 6.08 Å². The molecule has 0 aliphatic heterocycles. The van der Waals surface area contributed by atoms with E-state index < -0.39 is 0 Å². The van der Waals surface area contributed by atoms with Crippen LogP contribution in [0.5, 0.6) is 5.75 Å². The minimum absolute atomic E-state index is 0.258. The fraction of sp³-hybridized carbons (Fsp3) is 0.250. The molecule has 0 unspecified atom stereocenters. The number of hydrogen-bond acceptors (Lipinski definition) is 2. The summed E-state index contributed by atoms with van der Waals surface area (Å²) in [6, 6.07) is 11.7. The number of carbonyl (C=O) groups is 1. The van der Waals surface area contributed by atoms with Gasteiger partial charge in [-0.05, 0) is 48.2 Å². The van der Waals surface area contributed by atoms with Crippen molar-refractivity contribution < 1.29 is 9.53 Å². The Labute approximate surface area is 143 Å². The van der Waals surface area contributed by atoms with E-state index in [9.17, 15) is 4.79 Å². The third-order valence-corrected chi connectivity index (χ3v) is 3.87. The summed E-state index contributed by atoms with van der Waals surface area (Å²) in [6.07, 6.45) is 2.77. The van der Waals surface area contributed by atoms with E-state index in [1.807, 2.05) is 31.2 Å². The fourth-order valence-electron chi connectivity index (χ4n) is 2.42. The number of nitrogens with one attached hydrogen (secondary N) is 2. The van der Waals surface area contributed by atoms with Crippen molar-refractivity contribution in [3.8, 4) is 5.75 Å². The number of anilines is 1. The number of aryl methyl sites for hydroxylation is 2. The Morgan fingerprint density at radius 1 is 1.25 bits per heavy atom. The van der Waals surface area contributed by atoms with Crippen molar-refractivity contribution in [1.82, 2.24) is 5.32 Å². The van der Waals surface area contributed by atoms with Gasteiger partial charge >= 0.3 is 6.03 Å². The SMILES string of the molecule is C=Cc1ccc(NC(=O)NC)c(COc2ccc(CC)cc2C)c1. The zero-order chi connectivity index (χ0) is 17.5. The minimum Gasteiger partial charge on any atom is -0.489 e. The molecule has 0 radical (unpaired) electrons. The quantitative estimate of drug-likeness (QED) is 0.820. The third-order valence-electron chi connectivity index (χ3n) is 3.87. The average molecular weight is 324 g/mol. The molecule has 24 heavy (non-hydrogen) atoms. The van der Waals surface area contributed by atoms with E-state index >= 15 is 0 Å². The summed E-state index contributed by atoms with van der Waals surface area (Å²) in [5.41, 5.74) is 5.00. The molecule has 126 valence electrons. The van der Waals surface area contributed by atoms with Crippen molar-refractivity contribution in [2.75, 3.05) is 12.4 Å². The molecule has 2 aromatic rings. The number of urea groups is 1. The van der Waals surface area contributed by atoms with Gasteiger partial charge < -0.3 is 15.4 Å². The molecule has 4 nitrogen and oxygen atoms in total. The Balaban J connectivity index is 2.21. The monoisotopic (exact) mass is 324 g/mol. The summed E-state index contributed by atoms with van der Waals surface area (Å²) in [5, 5.41) is 5.37. The van der Waals surface area contributed by atoms with Crippen LogP contribution in [0.15, 0.2) is 43.0 Å². The predicted molar refractivity (Wildman–Crippen MR) is 99.5 cm³/mol. The number of hydrogen-bond donors (Lipinski definition) is 2. The van der Waals surface area contributed by atoms with Gasteiger partial charge in [-0.15, -0.1) is 0 Å². The number of carbonyl (C=O) groups excluding carboxylic acids is 1. The molecule has 2 N–H and O–H groups in total. The van der Waals surface area contributed by atoms with Crippen LogP contribution in [0.3, 0.4) is 0 Å². The first-order valence-corrected chi connectivity index (χ1v) is 8.03. The standard InChI is InChI=1S/C20H24N2O2/c1-5-15-8-10-19(14(3)11-15)24-13-17-12-16(6-2)7-9-18(17)22-20(23)21-4/h6-12H,2,5,13H2,1,3-4H3,(H2,21,22,23). The van der Waals surface area contributed by atoms with Crippen LogP contribution in [0, 0.1) is 6.92 Å². The van der Waals surface area contributed by atoms with E-state index in [-0.39, 0.29) is 6.03 Å². The molecule has 0 heterocycles. The lowest BCUT2D eigenvalue weighted by Gasteiger charge is -2.14. The number of benzene rings is 2. The molecule has 0 saturated heterocycles. The smallest absolute Gasteiger partial charge is 0.318 e. The molecule has 2 amide bonds. The van der Waals surface area contributed by atoms with Crippen LogP contribution in [0.1, 0.15) is 29.2 Å². The van der Waals surface area contributed by atoms with Crippen molar-refractivity contribution in [3.05, 3.63) is 65.2 Å². The number of rotatable bonds is 6. The van der Waals surface area contributed by atoms with Gasteiger partial charge in [0.2, 0.25) is 0 Å². The fourth-order valence-corrected chi connectivity index (χ4v) is 2.42. The summed E-state index contributed by atoms with van der Waals surface area (Å²) in [4.78, 5) is 11.6. The van der Waals surface area contributed by atoms with Crippen molar-refractivity contribution in [2.45, 2.75) is 26.9 Å². The van der Waals surface area contributed by atoms with Crippen LogP contribution < -0.4 is 15.4 Å². The number of ether oxygens (including phenoxy) is 1. The van der Waals surface area contributed by atoms with Crippen molar-refractivity contribution in [1.29, 1.82) is 0 Å². The van der Waals surface area contributed by atoms with E-state index in [0.29, 0.717) is 6.61 Å². The van der Waals surface area contributed by atoms with Crippen molar-refractivity contribution in [3.63, 3.8) is 0 Å². The predicted octanol–water partition coefficient (Wildman–Crippen LogP) is 4.53. The minimum atomic E-state index is -0.258. The van der Waals surface area contributed by atoms with E-state index in [2.05, 4.69) is 36.3 Å². The highest BCUT2D eigenvalue weighted by atomic mass is 16.5. The van der Waals surface area contributed by atoms with Crippen LogP contribution >= 0.6 is 0 Å². The zero-order valence-electron chi connectivity index (χ0n) is 14.5. The van der Waals surface area contributed by atoms with Gasteiger partial charge in [0.05, 0.1) is 0 Å². The first kappa shape index (κ1) is 17.6. The molecule has 0 aliphatic carbocycles. The maximum atomic E-state index is 11.6. The molecular weight excluding hydrogens is 300 g/mol. The van der Waals surface area contributed by atoms with Crippen LogP contribution in [-0.2, 0) is 13.0 Å². The normalized spacial score (nSPS) is 10.1. The van der Waals surface area contributed by atoms with Crippen LogP contribution in [0.2, 0.25) is 0 Å². The lowest BCUT2D eigenvalue weighted by atomic mass is 10.1. The topological polar surface area (TPSA) is 50.4 Å². The van der Waals surface area contributed by atoms with Crippen LogP contribution in [0.4, 0.5) is 10.5 Å². The molecule has 0 atom stereocenters. The summed E-state index contributed by atoms with van der Waals surface area (Å²) in [7, 11) is 1.59. The molecular formula is C20H24N2O2. The second kappa shape index (κ2) is 8.20. The molecule has 0 bridgehead atoms. The summed E-state index contributed by atoms with van der Waals surface area (Å²) in [6.45, 7) is 8.33. The van der Waals surface area contributed by atoms with Crippen molar-refractivity contribution >= 4 is 17.8 Å². The second-order valence-electron chi connectivity index (χ2n) is 5.57. The summed E-state index contributed by atoms with van der Waals surface area (Å²) >= 11 is 0. The van der Waals surface area contributed by atoms with Gasteiger partial charge in [-0.25, -0.2) is 4.79 Å². The maximum absolute atomic E-state index is 11.6. The Bertz CT molecular complexity index is 738. The first-order chi connectivity index (χ1) is 11.6. The first-order valence-electron chi connectivity index (χ1n) is 8.03. The summed E-state index contributed by atoms with van der Waals surface area (Å²) < 4.78 is 5.97. The lowest BCUT2D eigenvalue weighted by molar-refractivity contribution is 0.254. The van der Waals surface area contributed by atoms with Crippen molar-refractivity contribution in [2.24, 2.45) is 0 Å². The zero-order valence-corrected chi connectivity index (χ0v) is 14.5. The third kappa shape index (κ3) is 4.38. The highest BCUT2D eigenvalue weighted by molar-refractivity contribution is 5.90. The number of amides is 2. The molecule has 0 aromatic heterocycles. The molecule has 0 spiro atoms. The van der Waals surface area contributed by atoms with Gasteiger partial charge in [0, 0.05) is 18.3 Å².